The molecule has 0 bridgehead atoms. The number of hydrogen-bond acceptors (Lipinski definition) is 6. The Balaban J connectivity index is 1.93. The van der Waals surface area contributed by atoms with E-state index in [1.807, 2.05) is 0 Å². The molecule has 2 aromatic rings. The molecule has 0 aliphatic rings. The van der Waals surface area contributed by atoms with Gasteiger partial charge in [-0.25, -0.2) is 13.4 Å². The minimum Gasteiger partial charge on any atom is -0.341 e. The van der Waals surface area contributed by atoms with Gasteiger partial charge in [0.2, 0.25) is 15.9 Å². The number of carbonyl (C=O) groups excluding carboxylic acids is 1. The van der Waals surface area contributed by atoms with E-state index < -0.39 is 10.0 Å². The molecule has 0 saturated heterocycles. The highest BCUT2D eigenvalue weighted by atomic mass is 32.2. The van der Waals surface area contributed by atoms with Crippen LogP contribution < -0.4 is 4.72 Å². The minimum atomic E-state index is -3.35. The number of aromatic amines is 1. The molecule has 1 amide bonds. The van der Waals surface area contributed by atoms with E-state index in [1.54, 1.807) is 29.7 Å². The lowest BCUT2D eigenvalue weighted by Gasteiger charge is -2.15. The SMILES string of the molecule is CN(Cc1cn[nH]c1)C(=O)Cc1csc(NS(C)(=O)=O)n1. The first-order valence-corrected chi connectivity index (χ1v) is 8.74. The summed E-state index contributed by atoms with van der Waals surface area (Å²) in [5, 5.41) is 8.43. The standard InChI is InChI=1S/C11H15N5O3S2/c1-16(6-8-4-12-13-5-8)10(17)3-9-7-20-11(14-9)15-21(2,18)19/h4-5,7H,3,6H2,1-2H3,(H,12,13)(H,14,15). The van der Waals surface area contributed by atoms with Gasteiger partial charge in [0.25, 0.3) is 0 Å². The molecule has 2 N–H and O–H groups in total. The van der Waals surface area contributed by atoms with Gasteiger partial charge < -0.3 is 4.90 Å². The molecular weight excluding hydrogens is 314 g/mol. The Morgan fingerprint density at radius 2 is 2.29 bits per heavy atom. The molecule has 2 rings (SSSR count). The maximum absolute atomic E-state index is 12.1. The van der Waals surface area contributed by atoms with Crippen molar-refractivity contribution in [2.24, 2.45) is 0 Å². The van der Waals surface area contributed by atoms with Gasteiger partial charge in [0.15, 0.2) is 5.13 Å². The van der Waals surface area contributed by atoms with Crippen molar-refractivity contribution in [1.82, 2.24) is 20.1 Å². The average molecular weight is 329 g/mol. The summed E-state index contributed by atoms with van der Waals surface area (Å²) >= 11 is 1.15. The normalized spacial score (nSPS) is 11.3. The monoisotopic (exact) mass is 329 g/mol. The first-order chi connectivity index (χ1) is 9.83. The lowest BCUT2D eigenvalue weighted by atomic mass is 10.3. The highest BCUT2D eigenvalue weighted by Crippen LogP contribution is 2.17. The van der Waals surface area contributed by atoms with Crippen LogP contribution in [0.1, 0.15) is 11.3 Å². The molecule has 21 heavy (non-hydrogen) atoms. The number of likely N-dealkylation sites (N-methyl/N-ethyl adjacent to an activating group) is 1. The molecule has 10 heteroatoms. The van der Waals surface area contributed by atoms with Crippen LogP contribution in [0.4, 0.5) is 5.13 Å². The van der Waals surface area contributed by atoms with Crippen LogP contribution in [0.5, 0.6) is 0 Å². The lowest BCUT2D eigenvalue weighted by Crippen LogP contribution is -2.27. The average Bonchev–Trinajstić information content (AvgIpc) is 2.99. The number of aromatic nitrogens is 3. The van der Waals surface area contributed by atoms with Gasteiger partial charge in [-0.3, -0.25) is 14.6 Å². The van der Waals surface area contributed by atoms with E-state index in [2.05, 4.69) is 19.9 Å². The van der Waals surface area contributed by atoms with Gasteiger partial charge >= 0.3 is 0 Å². The third-order valence-corrected chi connectivity index (χ3v) is 4.06. The smallest absolute Gasteiger partial charge is 0.231 e. The molecule has 114 valence electrons. The van der Waals surface area contributed by atoms with Crippen molar-refractivity contribution in [3.63, 3.8) is 0 Å². The first-order valence-electron chi connectivity index (χ1n) is 5.97. The summed E-state index contributed by atoms with van der Waals surface area (Å²) in [6.07, 6.45) is 4.55. The van der Waals surface area contributed by atoms with E-state index >= 15 is 0 Å². The topological polar surface area (TPSA) is 108 Å². The van der Waals surface area contributed by atoms with E-state index in [1.165, 1.54) is 0 Å². The summed E-state index contributed by atoms with van der Waals surface area (Å²) in [5.41, 5.74) is 1.44. The number of H-pyrrole nitrogens is 1. The van der Waals surface area contributed by atoms with Crippen LogP contribution in [0.3, 0.4) is 0 Å². The maximum atomic E-state index is 12.1. The Bertz CT molecular complexity index is 708. The summed E-state index contributed by atoms with van der Waals surface area (Å²) in [4.78, 5) is 17.7. The maximum Gasteiger partial charge on any atom is 0.231 e. The van der Waals surface area contributed by atoms with Crippen molar-refractivity contribution < 1.29 is 13.2 Å². The molecule has 0 aliphatic heterocycles. The van der Waals surface area contributed by atoms with E-state index in [0.29, 0.717) is 12.2 Å². The predicted octanol–water partition coefficient (Wildman–Crippen LogP) is 0.439. The summed E-state index contributed by atoms with van der Waals surface area (Å²) in [6.45, 7) is 0.452. The zero-order chi connectivity index (χ0) is 15.5. The van der Waals surface area contributed by atoms with Crippen molar-refractivity contribution in [2.75, 3.05) is 18.0 Å². The van der Waals surface area contributed by atoms with Crippen LogP contribution in [-0.2, 0) is 27.8 Å². The van der Waals surface area contributed by atoms with Crippen LogP contribution in [-0.4, -0.2) is 47.7 Å². The van der Waals surface area contributed by atoms with Crippen molar-refractivity contribution >= 4 is 32.4 Å². The van der Waals surface area contributed by atoms with Gasteiger partial charge in [0.05, 0.1) is 24.6 Å². The summed E-state index contributed by atoms with van der Waals surface area (Å²) < 4.78 is 24.5. The number of carbonyl (C=O) groups is 1. The van der Waals surface area contributed by atoms with Crippen LogP contribution in [0, 0.1) is 0 Å². The lowest BCUT2D eigenvalue weighted by molar-refractivity contribution is -0.129. The second kappa shape index (κ2) is 6.22. The number of thiazole rings is 1. The van der Waals surface area contributed by atoms with Gasteiger partial charge in [-0.05, 0) is 0 Å². The number of anilines is 1. The van der Waals surface area contributed by atoms with Gasteiger partial charge in [0, 0.05) is 30.7 Å². The second-order valence-electron chi connectivity index (χ2n) is 4.55. The molecule has 0 saturated carbocycles. The molecule has 0 unspecified atom stereocenters. The fourth-order valence-electron chi connectivity index (χ4n) is 1.61. The number of hydrogen-bond donors (Lipinski definition) is 2. The Morgan fingerprint density at radius 3 is 2.90 bits per heavy atom. The van der Waals surface area contributed by atoms with Gasteiger partial charge in [0.1, 0.15) is 0 Å². The Morgan fingerprint density at radius 1 is 1.52 bits per heavy atom. The molecule has 2 heterocycles. The molecule has 0 atom stereocenters. The summed E-state index contributed by atoms with van der Waals surface area (Å²) in [5.74, 6) is -0.104. The number of amides is 1. The number of sulfonamides is 1. The van der Waals surface area contributed by atoms with Crippen LogP contribution >= 0.6 is 11.3 Å². The van der Waals surface area contributed by atoms with Crippen LogP contribution in [0.15, 0.2) is 17.8 Å². The number of nitrogens with zero attached hydrogens (tertiary/aromatic N) is 3. The fraction of sp³-hybridized carbons (Fsp3) is 0.364. The van der Waals surface area contributed by atoms with Crippen molar-refractivity contribution in [1.29, 1.82) is 0 Å². The zero-order valence-corrected chi connectivity index (χ0v) is 13.2. The Kier molecular flexibility index (Phi) is 4.58. The van der Waals surface area contributed by atoms with Gasteiger partial charge in [-0.15, -0.1) is 11.3 Å². The molecule has 0 aromatic carbocycles. The molecule has 0 fully saturated rings. The molecule has 0 radical (unpaired) electrons. The quantitative estimate of drug-likeness (QED) is 0.799. The molecule has 8 nitrogen and oxygen atoms in total. The fourth-order valence-corrected chi connectivity index (χ4v) is 3.17. The van der Waals surface area contributed by atoms with Crippen molar-refractivity contribution in [2.45, 2.75) is 13.0 Å². The van der Waals surface area contributed by atoms with Crippen molar-refractivity contribution in [3.8, 4) is 0 Å². The van der Waals surface area contributed by atoms with E-state index in [9.17, 15) is 13.2 Å². The largest absolute Gasteiger partial charge is 0.341 e. The first kappa shape index (κ1) is 15.4. The van der Waals surface area contributed by atoms with E-state index in [-0.39, 0.29) is 17.5 Å². The van der Waals surface area contributed by atoms with Crippen molar-refractivity contribution in [3.05, 3.63) is 29.0 Å². The summed E-state index contributed by atoms with van der Waals surface area (Å²) in [7, 11) is -1.66. The van der Waals surface area contributed by atoms with E-state index in [4.69, 9.17) is 0 Å². The zero-order valence-electron chi connectivity index (χ0n) is 11.5. The number of rotatable bonds is 6. The molecule has 0 aliphatic carbocycles. The molecule has 2 aromatic heterocycles. The van der Waals surface area contributed by atoms with Gasteiger partial charge in [-0.2, -0.15) is 5.10 Å². The van der Waals surface area contributed by atoms with Crippen LogP contribution in [0.25, 0.3) is 0 Å². The Labute approximate surface area is 126 Å². The molecular formula is C11H15N5O3S2. The second-order valence-corrected chi connectivity index (χ2v) is 7.16. The minimum absolute atomic E-state index is 0.104. The summed E-state index contributed by atoms with van der Waals surface area (Å²) in [6, 6.07) is 0. The highest BCUT2D eigenvalue weighted by molar-refractivity contribution is 7.92. The van der Waals surface area contributed by atoms with Gasteiger partial charge in [-0.1, -0.05) is 0 Å². The number of nitrogens with one attached hydrogen (secondary N) is 2. The third kappa shape index (κ3) is 4.83. The van der Waals surface area contributed by atoms with Crippen LogP contribution in [0.2, 0.25) is 0 Å². The predicted molar refractivity (Wildman–Crippen MR) is 79.3 cm³/mol. The Hall–Kier alpha value is -1.94. The highest BCUT2D eigenvalue weighted by Gasteiger charge is 2.14. The third-order valence-electron chi connectivity index (χ3n) is 2.56. The molecule has 0 spiro atoms. The van der Waals surface area contributed by atoms with E-state index in [0.717, 1.165) is 23.2 Å².